The summed E-state index contributed by atoms with van der Waals surface area (Å²) in [7, 11) is 0. The van der Waals surface area contributed by atoms with Gasteiger partial charge in [-0.3, -0.25) is 9.59 Å². The van der Waals surface area contributed by atoms with Crippen LogP contribution in [0.2, 0.25) is 0 Å². The molecule has 1 aliphatic heterocycles. The van der Waals surface area contributed by atoms with Crippen LogP contribution < -0.4 is 5.32 Å². The maximum Gasteiger partial charge on any atom is 0.254 e. The van der Waals surface area contributed by atoms with Gasteiger partial charge in [-0.1, -0.05) is 12.1 Å². The molecule has 8 aliphatic carbocycles. The molecule has 8 saturated carbocycles. The van der Waals surface area contributed by atoms with Gasteiger partial charge in [0.1, 0.15) is 17.3 Å². The second kappa shape index (κ2) is 8.01. The molecule has 2 amide bonds. The van der Waals surface area contributed by atoms with E-state index in [-0.39, 0.29) is 35.1 Å². The quantitative estimate of drug-likeness (QED) is 0.435. The first kappa shape index (κ1) is 24.0. The van der Waals surface area contributed by atoms with Crippen LogP contribution in [0.4, 0.5) is 4.39 Å². The van der Waals surface area contributed by atoms with E-state index in [0.717, 1.165) is 38.5 Å². The van der Waals surface area contributed by atoms with Gasteiger partial charge in [-0.05, 0) is 137 Å². The van der Waals surface area contributed by atoms with Crippen LogP contribution >= 0.6 is 0 Å². The largest absolute Gasteiger partial charge is 0.458 e. The minimum Gasteiger partial charge on any atom is -0.458 e. The molecule has 1 saturated heterocycles. The second-order valence-corrected chi connectivity index (χ2v) is 15.2. The number of carbonyl (C=O) groups excluding carboxylic acids is 2. The summed E-state index contributed by atoms with van der Waals surface area (Å²) in [6.07, 6.45) is 14.0. The minimum atomic E-state index is -1.16. The molecule has 210 valence electrons. The summed E-state index contributed by atoms with van der Waals surface area (Å²) >= 11 is 0. The van der Waals surface area contributed by atoms with Gasteiger partial charge < -0.3 is 14.6 Å². The number of furan rings is 1. The van der Waals surface area contributed by atoms with Crippen molar-refractivity contribution in [3.8, 4) is 11.3 Å². The Labute approximate surface area is 235 Å². The van der Waals surface area contributed by atoms with Crippen LogP contribution in [0.15, 0.2) is 40.8 Å². The van der Waals surface area contributed by atoms with Crippen molar-refractivity contribution in [2.75, 3.05) is 0 Å². The van der Waals surface area contributed by atoms with Gasteiger partial charge in [0.2, 0.25) is 5.91 Å². The third-order valence-electron chi connectivity index (χ3n) is 12.5. The van der Waals surface area contributed by atoms with E-state index in [1.807, 2.05) is 11.0 Å². The predicted octanol–water partition coefficient (Wildman–Crippen LogP) is 6.57. The Morgan fingerprint density at radius 1 is 0.800 bits per heavy atom. The molecule has 1 aromatic heterocycles. The van der Waals surface area contributed by atoms with Crippen molar-refractivity contribution in [1.29, 1.82) is 0 Å². The number of hydrogen-bond acceptors (Lipinski definition) is 3. The van der Waals surface area contributed by atoms with E-state index in [2.05, 4.69) is 5.32 Å². The summed E-state index contributed by atoms with van der Waals surface area (Å²) in [6, 6.07) is 10.2. The molecular formula is C34H39FN2O3. The molecule has 8 bridgehead atoms. The fraction of sp³-hybridized carbons (Fsp3) is 0.647. The van der Waals surface area contributed by atoms with E-state index in [0.29, 0.717) is 52.6 Å². The van der Waals surface area contributed by atoms with Crippen molar-refractivity contribution in [3.63, 3.8) is 0 Å². The van der Waals surface area contributed by atoms with Gasteiger partial charge in [0.25, 0.3) is 5.91 Å². The molecule has 2 aromatic rings. The molecule has 0 radical (unpaired) electrons. The summed E-state index contributed by atoms with van der Waals surface area (Å²) < 4.78 is 21.2. The maximum atomic E-state index is 14.9. The van der Waals surface area contributed by atoms with Crippen molar-refractivity contribution < 1.29 is 18.4 Å². The zero-order chi connectivity index (χ0) is 26.9. The number of nitrogens with zero attached hydrogens (tertiary/aromatic N) is 1. The Morgan fingerprint density at radius 3 is 1.90 bits per heavy atom. The SMILES string of the molecule is O=C1CC(C(=O)NC23CC4CC(CC(C4)C2)C3)(c2ccc(-c3ccccc3F)o2)N1C12CC3CC(CC(C3)C1)C2. The molecule has 9 aliphatic rings. The fourth-order valence-electron chi connectivity index (χ4n) is 12.0. The lowest BCUT2D eigenvalue weighted by atomic mass is 9.51. The van der Waals surface area contributed by atoms with E-state index >= 15 is 0 Å². The van der Waals surface area contributed by atoms with Crippen LogP contribution in [-0.4, -0.2) is 27.8 Å². The van der Waals surface area contributed by atoms with Crippen LogP contribution in [0.3, 0.4) is 0 Å². The van der Waals surface area contributed by atoms with E-state index in [4.69, 9.17) is 4.42 Å². The van der Waals surface area contributed by atoms with E-state index < -0.39 is 5.54 Å². The first-order chi connectivity index (χ1) is 19.3. The highest BCUT2D eigenvalue weighted by Crippen LogP contribution is 2.63. The van der Waals surface area contributed by atoms with Gasteiger partial charge in [0.05, 0.1) is 12.0 Å². The zero-order valence-corrected chi connectivity index (χ0v) is 23.2. The van der Waals surface area contributed by atoms with Crippen molar-refractivity contribution in [3.05, 3.63) is 48.0 Å². The van der Waals surface area contributed by atoms with Crippen molar-refractivity contribution in [2.45, 2.75) is 100 Å². The highest BCUT2D eigenvalue weighted by atomic mass is 19.1. The molecular weight excluding hydrogens is 503 g/mol. The number of rotatable bonds is 5. The number of amides is 2. The Kier molecular flexibility index (Phi) is 4.81. The van der Waals surface area contributed by atoms with Gasteiger partial charge in [0, 0.05) is 11.1 Å². The minimum absolute atomic E-state index is 0.0563. The summed E-state index contributed by atoms with van der Waals surface area (Å²) in [6.45, 7) is 0. The van der Waals surface area contributed by atoms with E-state index in [1.165, 1.54) is 44.6 Å². The third kappa shape index (κ3) is 3.25. The van der Waals surface area contributed by atoms with E-state index in [9.17, 15) is 14.0 Å². The molecule has 5 nitrogen and oxygen atoms in total. The van der Waals surface area contributed by atoms with Crippen LogP contribution in [0, 0.1) is 41.3 Å². The average molecular weight is 543 g/mol. The molecule has 40 heavy (non-hydrogen) atoms. The highest BCUT2D eigenvalue weighted by molar-refractivity contribution is 6.02. The summed E-state index contributed by atoms with van der Waals surface area (Å²) in [5.74, 6) is 4.66. The normalized spacial score (nSPS) is 44.2. The first-order valence-electron chi connectivity index (χ1n) is 15.8. The number of hydrogen-bond donors (Lipinski definition) is 1. The Balaban J connectivity index is 1.14. The number of likely N-dealkylation sites (tertiary alicyclic amines) is 1. The van der Waals surface area contributed by atoms with Crippen LogP contribution in [0.5, 0.6) is 0 Å². The topological polar surface area (TPSA) is 62.6 Å². The Morgan fingerprint density at radius 2 is 1.35 bits per heavy atom. The van der Waals surface area contributed by atoms with Crippen LogP contribution in [-0.2, 0) is 15.1 Å². The molecule has 2 heterocycles. The first-order valence-corrected chi connectivity index (χ1v) is 15.8. The average Bonchev–Trinajstić information content (AvgIpc) is 3.35. The van der Waals surface area contributed by atoms with Gasteiger partial charge in [0.15, 0.2) is 5.54 Å². The fourth-order valence-corrected chi connectivity index (χ4v) is 12.0. The lowest BCUT2D eigenvalue weighted by molar-refractivity contribution is -0.204. The van der Waals surface area contributed by atoms with Gasteiger partial charge >= 0.3 is 0 Å². The molecule has 0 spiro atoms. The van der Waals surface area contributed by atoms with Gasteiger partial charge in [-0.25, -0.2) is 4.39 Å². The predicted molar refractivity (Wildman–Crippen MR) is 147 cm³/mol. The van der Waals surface area contributed by atoms with Crippen LogP contribution in [0.1, 0.15) is 89.2 Å². The van der Waals surface area contributed by atoms with E-state index in [1.54, 1.807) is 24.3 Å². The highest BCUT2D eigenvalue weighted by Gasteiger charge is 2.69. The molecule has 1 unspecified atom stereocenters. The lowest BCUT2D eigenvalue weighted by Gasteiger charge is -2.67. The van der Waals surface area contributed by atoms with Crippen LogP contribution in [0.25, 0.3) is 11.3 Å². The monoisotopic (exact) mass is 542 g/mol. The van der Waals surface area contributed by atoms with Gasteiger partial charge in [-0.15, -0.1) is 0 Å². The third-order valence-corrected chi connectivity index (χ3v) is 12.5. The number of benzene rings is 1. The maximum absolute atomic E-state index is 14.9. The molecule has 6 heteroatoms. The number of β-lactam (4-membered cyclic amide) rings is 1. The van der Waals surface area contributed by atoms with Crippen molar-refractivity contribution in [2.24, 2.45) is 35.5 Å². The standard InChI is InChI=1S/C34H39FN2O3/c35-27-4-2-1-3-26(27)28-5-6-29(40-28)34(31(39)36-32-13-20-7-21(14-32)9-22(8-20)15-32)19-30(38)37(34)33-16-23-10-24(17-33)12-25(11-23)18-33/h1-6,20-25H,7-19H2,(H,36,39). The molecule has 1 aromatic carbocycles. The summed E-state index contributed by atoms with van der Waals surface area (Å²) in [4.78, 5) is 30.7. The van der Waals surface area contributed by atoms with Gasteiger partial charge in [-0.2, -0.15) is 0 Å². The summed E-state index contributed by atoms with van der Waals surface area (Å²) in [5.41, 5.74) is -1.20. The smallest absolute Gasteiger partial charge is 0.254 e. The van der Waals surface area contributed by atoms with Crippen molar-refractivity contribution in [1.82, 2.24) is 10.2 Å². The van der Waals surface area contributed by atoms with Crippen molar-refractivity contribution >= 4 is 11.8 Å². The second-order valence-electron chi connectivity index (χ2n) is 15.2. The Bertz CT molecular complexity index is 1340. The molecule has 11 rings (SSSR count). The number of carbonyl (C=O) groups is 2. The molecule has 1 atom stereocenters. The number of nitrogens with one attached hydrogen (secondary N) is 1. The lowest BCUT2D eigenvalue weighted by Crippen LogP contribution is -2.78. The zero-order valence-electron chi connectivity index (χ0n) is 23.2. The molecule has 9 fully saturated rings. The Hall–Kier alpha value is -2.63. The molecule has 1 N–H and O–H groups in total. The summed E-state index contributed by atoms with van der Waals surface area (Å²) in [5, 5.41) is 3.64. The number of halogens is 1.